The molecule has 88 valence electrons. The summed E-state index contributed by atoms with van der Waals surface area (Å²) in [6.45, 7) is 1.84. The van der Waals surface area contributed by atoms with E-state index in [1.165, 1.54) is 22.0 Å². The first-order valence-electron chi connectivity index (χ1n) is 5.89. The second-order valence-electron chi connectivity index (χ2n) is 4.52. The number of hydrogen-bond acceptors (Lipinski definition) is 2. The Morgan fingerprint density at radius 2 is 2.00 bits per heavy atom. The van der Waals surface area contributed by atoms with Crippen LogP contribution in [0.2, 0.25) is 0 Å². The molecule has 2 atom stereocenters. The van der Waals surface area contributed by atoms with Crippen molar-refractivity contribution in [2.24, 2.45) is 5.92 Å². The molecule has 2 nitrogen and oxygen atoms in total. The van der Waals surface area contributed by atoms with Crippen LogP contribution in [0.25, 0.3) is 0 Å². The third kappa shape index (κ3) is 3.43. The summed E-state index contributed by atoms with van der Waals surface area (Å²) in [7, 11) is 0. The fourth-order valence-electron chi connectivity index (χ4n) is 2.26. The van der Waals surface area contributed by atoms with Gasteiger partial charge in [0, 0.05) is 16.7 Å². The minimum Gasteiger partial charge on any atom is -0.393 e. The van der Waals surface area contributed by atoms with Crippen LogP contribution in [-0.2, 0) is 6.54 Å². The van der Waals surface area contributed by atoms with Crippen molar-refractivity contribution in [1.29, 1.82) is 0 Å². The summed E-state index contributed by atoms with van der Waals surface area (Å²) in [5.41, 5.74) is 1.31. The summed E-state index contributed by atoms with van der Waals surface area (Å²) < 4.78 is 1.27. The van der Waals surface area contributed by atoms with Gasteiger partial charge in [-0.2, -0.15) is 0 Å². The summed E-state index contributed by atoms with van der Waals surface area (Å²) in [5, 5.41) is 13.1. The van der Waals surface area contributed by atoms with Gasteiger partial charge in [-0.15, -0.1) is 0 Å². The molecule has 1 aromatic rings. The van der Waals surface area contributed by atoms with Gasteiger partial charge in [-0.25, -0.2) is 0 Å². The Labute approximate surface area is 111 Å². The molecule has 1 saturated carbocycles. The van der Waals surface area contributed by atoms with Crippen LogP contribution < -0.4 is 5.32 Å². The van der Waals surface area contributed by atoms with Crippen LogP contribution in [0, 0.1) is 9.49 Å². The van der Waals surface area contributed by atoms with Crippen LogP contribution in [-0.4, -0.2) is 17.8 Å². The predicted molar refractivity (Wildman–Crippen MR) is 74.2 cm³/mol. The average molecular weight is 331 g/mol. The highest BCUT2D eigenvalue weighted by Gasteiger charge is 2.24. The van der Waals surface area contributed by atoms with Crippen molar-refractivity contribution in [3.63, 3.8) is 0 Å². The fraction of sp³-hybridized carbons (Fsp3) is 0.538. The standard InChI is InChI=1S/C13H18INO/c14-12-6-4-10(5-7-12)8-15-9-11-2-1-3-13(11)16/h4-7,11,13,15-16H,1-3,8-9H2. The molecule has 16 heavy (non-hydrogen) atoms. The molecule has 0 aromatic heterocycles. The molecule has 1 aliphatic rings. The highest BCUT2D eigenvalue weighted by molar-refractivity contribution is 14.1. The molecule has 2 unspecified atom stereocenters. The minimum atomic E-state index is -0.0794. The molecule has 0 amide bonds. The van der Waals surface area contributed by atoms with Crippen molar-refractivity contribution in [2.75, 3.05) is 6.54 Å². The van der Waals surface area contributed by atoms with Crippen LogP contribution in [0.4, 0.5) is 0 Å². The zero-order valence-corrected chi connectivity index (χ0v) is 11.5. The number of aliphatic hydroxyl groups is 1. The predicted octanol–water partition coefficient (Wildman–Crippen LogP) is 2.54. The molecule has 2 rings (SSSR count). The van der Waals surface area contributed by atoms with Crippen molar-refractivity contribution in [3.05, 3.63) is 33.4 Å². The van der Waals surface area contributed by atoms with Crippen LogP contribution in [0.3, 0.4) is 0 Å². The number of nitrogens with one attached hydrogen (secondary N) is 1. The second-order valence-corrected chi connectivity index (χ2v) is 5.76. The van der Waals surface area contributed by atoms with Crippen molar-refractivity contribution in [3.8, 4) is 0 Å². The van der Waals surface area contributed by atoms with Crippen molar-refractivity contribution in [1.82, 2.24) is 5.32 Å². The molecule has 1 aromatic carbocycles. The lowest BCUT2D eigenvalue weighted by molar-refractivity contribution is 0.131. The van der Waals surface area contributed by atoms with E-state index in [1.54, 1.807) is 0 Å². The zero-order chi connectivity index (χ0) is 11.4. The zero-order valence-electron chi connectivity index (χ0n) is 9.32. The molecule has 0 heterocycles. The maximum atomic E-state index is 9.68. The van der Waals surface area contributed by atoms with Gasteiger partial charge < -0.3 is 10.4 Å². The first-order valence-corrected chi connectivity index (χ1v) is 6.97. The lowest BCUT2D eigenvalue weighted by Gasteiger charge is -2.15. The third-order valence-corrected chi connectivity index (χ3v) is 3.99. The van der Waals surface area contributed by atoms with E-state index in [2.05, 4.69) is 52.2 Å². The highest BCUT2D eigenvalue weighted by atomic mass is 127. The third-order valence-electron chi connectivity index (χ3n) is 3.27. The normalized spacial score (nSPS) is 24.9. The molecule has 0 bridgehead atoms. The molecular formula is C13H18INO. The number of benzene rings is 1. The molecule has 0 saturated heterocycles. The average Bonchev–Trinajstić information content (AvgIpc) is 2.68. The second kappa shape index (κ2) is 5.98. The molecule has 0 spiro atoms. The van der Waals surface area contributed by atoms with Crippen molar-refractivity contribution >= 4 is 22.6 Å². The first-order chi connectivity index (χ1) is 7.75. The lowest BCUT2D eigenvalue weighted by atomic mass is 10.1. The van der Waals surface area contributed by atoms with Crippen LogP contribution in [0.5, 0.6) is 0 Å². The van der Waals surface area contributed by atoms with Crippen molar-refractivity contribution < 1.29 is 5.11 Å². The molecule has 0 radical (unpaired) electrons. The van der Waals surface area contributed by atoms with Gasteiger partial charge in [-0.05, 0) is 59.0 Å². The van der Waals surface area contributed by atoms with Gasteiger partial charge >= 0.3 is 0 Å². The van der Waals surface area contributed by atoms with E-state index in [0.29, 0.717) is 5.92 Å². The first kappa shape index (κ1) is 12.3. The topological polar surface area (TPSA) is 32.3 Å². The van der Waals surface area contributed by atoms with Gasteiger partial charge in [-0.3, -0.25) is 0 Å². The van der Waals surface area contributed by atoms with E-state index in [9.17, 15) is 5.11 Å². The molecule has 1 aliphatic carbocycles. The van der Waals surface area contributed by atoms with E-state index < -0.39 is 0 Å². The van der Waals surface area contributed by atoms with E-state index >= 15 is 0 Å². The van der Waals surface area contributed by atoms with Gasteiger partial charge in [0.25, 0.3) is 0 Å². The Kier molecular flexibility index (Phi) is 4.61. The molecule has 3 heteroatoms. The SMILES string of the molecule is OC1CCCC1CNCc1ccc(I)cc1. The number of rotatable bonds is 4. The van der Waals surface area contributed by atoms with Gasteiger partial charge in [0.15, 0.2) is 0 Å². The lowest BCUT2D eigenvalue weighted by Crippen LogP contribution is -2.27. The summed E-state index contributed by atoms with van der Waals surface area (Å²) >= 11 is 2.31. The highest BCUT2D eigenvalue weighted by Crippen LogP contribution is 2.24. The van der Waals surface area contributed by atoms with Gasteiger partial charge in [0.2, 0.25) is 0 Å². The largest absolute Gasteiger partial charge is 0.393 e. The maximum absolute atomic E-state index is 9.68. The number of halogens is 1. The van der Waals surface area contributed by atoms with Crippen LogP contribution in [0.1, 0.15) is 24.8 Å². The summed E-state index contributed by atoms with van der Waals surface area (Å²) in [4.78, 5) is 0. The summed E-state index contributed by atoms with van der Waals surface area (Å²) in [6, 6.07) is 8.56. The molecule has 1 fully saturated rings. The summed E-state index contributed by atoms with van der Waals surface area (Å²) in [6.07, 6.45) is 3.25. The van der Waals surface area contributed by atoms with E-state index in [0.717, 1.165) is 19.5 Å². The molecular weight excluding hydrogens is 313 g/mol. The smallest absolute Gasteiger partial charge is 0.0580 e. The number of hydrogen-bond donors (Lipinski definition) is 2. The summed E-state index contributed by atoms with van der Waals surface area (Å²) in [5.74, 6) is 0.462. The van der Waals surface area contributed by atoms with E-state index in [-0.39, 0.29) is 6.10 Å². The maximum Gasteiger partial charge on any atom is 0.0580 e. The quantitative estimate of drug-likeness (QED) is 0.831. The molecule has 2 N–H and O–H groups in total. The Balaban J connectivity index is 1.73. The minimum absolute atomic E-state index is 0.0794. The van der Waals surface area contributed by atoms with Gasteiger partial charge in [0.1, 0.15) is 0 Å². The Bertz CT molecular complexity index is 325. The van der Waals surface area contributed by atoms with Gasteiger partial charge in [0.05, 0.1) is 6.10 Å². The Morgan fingerprint density at radius 3 is 2.62 bits per heavy atom. The van der Waals surface area contributed by atoms with Crippen LogP contribution in [0.15, 0.2) is 24.3 Å². The van der Waals surface area contributed by atoms with E-state index in [1.807, 2.05) is 0 Å². The van der Waals surface area contributed by atoms with E-state index in [4.69, 9.17) is 0 Å². The number of aliphatic hydroxyl groups excluding tert-OH is 1. The van der Waals surface area contributed by atoms with Crippen molar-refractivity contribution in [2.45, 2.75) is 31.9 Å². The fourth-order valence-corrected chi connectivity index (χ4v) is 2.62. The van der Waals surface area contributed by atoms with Gasteiger partial charge in [-0.1, -0.05) is 18.6 Å². The monoisotopic (exact) mass is 331 g/mol. The Hall–Kier alpha value is -0.130. The molecule has 0 aliphatic heterocycles. The Morgan fingerprint density at radius 1 is 1.25 bits per heavy atom. The van der Waals surface area contributed by atoms with Crippen LogP contribution >= 0.6 is 22.6 Å².